The van der Waals surface area contributed by atoms with Crippen molar-refractivity contribution in [3.8, 4) is 0 Å². The summed E-state index contributed by atoms with van der Waals surface area (Å²) in [5.41, 5.74) is 1.51. The monoisotopic (exact) mass is 338 g/mol. The second-order valence-corrected chi connectivity index (χ2v) is 5.52. The Morgan fingerprint density at radius 1 is 1.55 bits per heavy atom. The number of aldehydes is 1. The quantitative estimate of drug-likeness (QED) is 0.827. The molecule has 0 saturated heterocycles. The van der Waals surface area contributed by atoms with Gasteiger partial charge < -0.3 is 15.0 Å². The molecular formula is C14H15BrN2O3. The van der Waals surface area contributed by atoms with E-state index >= 15 is 0 Å². The minimum atomic E-state index is -0.608. The van der Waals surface area contributed by atoms with Crippen LogP contribution in [0.1, 0.15) is 28.8 Å². The zero-order valence-corrected chi connectivity index (χ0v) is 12.6. The Balaban J connectivity index is 2.26. The first kappa shape index (κ1) is 14.7. The van der Waals surface area contributed by atoms with Crippen molar-refractivity contribution in [1.29, 1.82) is 0 Å². The highest BCUT2D eigenvalue weighted by Crippen LogP contribution is 2.28. The van der Waals surface area contributed by atoms with E-state index in [9.17, 15) is 14.4 Å². The molecular weight excluding hydrogens is 324 g/mol. The number of benzene rings is 1. The highest BCUT2D eigenvalue weighted by Gasteiger charge is 2.35. The molecule has 1 aromatic carbocycles. The number of hydrogen-bond donors (Lipinski definition) is 1. The molecule has 1 aliphatic heterocycles. The predicted octanol–water partition coefficient (Wildman–Crippen LogP) is 1.50. The Morgan fingerprint density at radius 3 is 2.95 bits per heavy atom. The van der Waals surface area contributed by atoms with Crippen LogP contribution >= 0.6 is 15.9 Å². The Hall–Kier alpha value is -1.69. The van der Waals surface area contributed by atoms with Gasteiger partial charge in [0, 0.05) is 30.0 Å². The Morgan fingerprint density at radius 2 is 2.30 bits per heavy atom. The van der Waals surface area contributed by atoms with Crippen LogP contribution in [0.25, 0.3) is 0 Å². The zero-order chi connectivity index (χ0) is 14.7. The molecule has 5 nitrogen and oxygen atoms in total. The number of rotatable bonds is 5. The van der Waals surface area contributed by atoms with Gasteiger partial charge in [0.2, 0.25) is 5.91 Å². The van der Waals surface area contributed by atoms with E-state index in [-0.39, 0.29) is 18.2 Å². The van der Waals surface area contributed by atoms with Gasteiger partial charge in [-0.05, 0) is 30.2 Å². The highest BCUT2D eigenvalue weighted by molar-refractivity contribution is 9.10. The first-order chi connectivity index (χ1) is 9.58. The molecule has 2 rings (SSSR count). The van der Waals surface area contributed by atoms with Crippen LogP contribution in [-0.4, -0.2) is 36.1 Å². The first-order valence-electron chi connectivity index (χ1n) is 6.33. The molecule has 1 N–H and O–H groups in total. The van der Waals surface area contributed by atoms with Crippen LogP contribution < -0.4 is 5.32 Å². The molecule has 1 aromatic rings. The molecule has 1 unspecified atom stereocenters. The van der Waals surface area contributed by atoms with E-state index in [4.69, 9.17) is 0 Å². The van der Waals surface area contributed by atoms with Gasteiger partial charge in [-0.3, -0.25) is 9.59 Å². The van der Waals surface area contributed by atoms with Gasteiger partial charge in [-0.25, -0.2) is 0 Å². The molecule has 20 heavy (non-hydrogen) atoms. The van der Waals surface area contributed by atoms with Crippen molar-refractivity contribution >= 4 is 34.0 Å². The minimum Gasteiger partial charge on any atom is -0.357 e. The number of carbonyl (C=O) groups excluding carboxylic acids is 3. The van der Waals surface area contributed by atoms with E-state index in [0.717, 1.165) is 16.3 Å². The molecule has 0 radical (unpaired) electrons. The van der Waals surface area contributed by atoms with Crippen LogP contribution in [-0.2, 0) is 16.1 Å². The zero-order valence-electron chi connectivity index (χ0n) is 11.1. The molecule has 1 heterocycles. The molecule has 0 aliphatic carbocycles. The highest BCUT2D eigenvalue weighted by atomic mass is 79.9. The molecule has 0 bridgehead atoms. The second-order valence-electron chi connectivity index (χ2n) is 4.61. The van der Waals surface area contributed by atoms with E-state index < -0.39 is 6.04 Å². The van der Waals surface area contributed by atoms with Gasteiger partial charge in [0.1, 0.15) is 12.3 Å². The molecule has 2 amide bonds. The first-order valence-corrected chi connectivity index (χ1v) is 7.12. The maximum atomic E-state index is 12.4. The van der Waals surface area contributed by atoms with E-state index in [1.165, 1.54) is 11.9 Å². The van der Waals surface area contributed by atoms with Gasteiger partial charge in [0.25, 0.3) is 5.91 Å². The van der Waals surface area contributed by atoms with Gasteiger partial charge in [0.15, 0.2) is 0 Å². The molecule has 1 aliphatic rings. The standard InChI is InChI=1S/C14H15BrN2O3/c1-16-13(19)12(3-2-6-18)17-8-9-7-10(15)4-5-11(9)14(17)20/h4-7,12H,2-3,8H2,1H3,(H,16,19). The summed E-state index contributed by atoms with van der Waals surface area (Å²) in [6, 6.07) is 4.83. The number of nitrogens with one attached hydrogen (secondary N) is 1. The van der Waals surface area contributed by atoms with Gasteiger partial charge in [-0.15, -0.1) is 0 Å². The van der Waals surface area contributed by atoms with Crippen molar-refractivity contribution in [3.63, 3.8) is 0 Å². The fraction of sp³-hybridized carbons (Fsp3) is 0.357. The van der Waals surface area contributed by atoms with Gasteiger partial charge in [-0.1, -0.05) is 15.9 Å². The average Bonchev–Trinajstić information content (AvgIpc) is 2.75. The van der Waals surface area contributed by atoms with Gasteiger partial charge in [-0.2, -0.15) is 0 Å². The average molecular weight is 339 g/mol. The van der Waals surface area contributed by atoms with Crippen molar-refractivity contribution in [2.75, 3.05) is 7.05 Å². The topological polar surface area (TPSA) is 66.5 Å². The predicted molar refractivity (Wildman–Crippen MR) is 77.2 cm³/mol. The third kappa shape index (κ3) is 2.75. The number of hydrogen-bond acceptors (Lipinski definition) is 3. The van der Waals surface area contributed by atoms with Crippen LogP contribution in [0.5, 0.6) is 0 Å². The third-order valence-electron chi connectivity index (χ3n) is 3.38. The summed E-state index contributed by atoms with van der Waals surface area (Å²) in [6.45, 7) is 0.393. The van der Waals surface area contributed by atoms with Crippen molar-refractivity contribution in [1.82, 2.24) is 10.2 Å². The van der Waals surface area contributed by atoms with E-state index in [2.05, 4.69) is 21.2 Å². The Bertz CT molecular complexity index is 559. The number of nitrogens with zero attached hydrogens (tertiary/aromatic N) is 1. The summed E-state index contributed by atoms with van der Waals surface area (Å²) >= 11 is 3.37. The van der Waals surface area contributed by atoms with Crippen molar-refractivity contribution in [3.05, 3.63) is 33.8 Å². The summed E-state index contributed by atoms with van der Waals surface area (Å²) < 4.78 is 0.898. The van der Waals surface area contributed by atoms with E-state index in [1.807, 2.05) is 6.07 Å². The Kier molecular flexibility index (Phi) is 4.54. The summed E-state index contributed by atoms with van der Waals surface area (Å²) in [5, 5.41) is 2.55. The lowest BCUT2D eigenvalue weighted by molar-refractivity contribution is -0.125. The number of carbonyl (C=O) groups is 3. The van der Waals surface area contributed by atoms with Crippen molar-refractivity contribution in [2.45, 2.75) is 25.4 Å². The molecule has 0 fully saturated rings. The van der Waals surface area contributed by atoms with Crippen LogP contribution in [0.2, 0.25) is 0 Å². The maximum Gasteiger partial charge on any atom is 0.255 e. The molecule has 106 valence electrons. The third-order valence-corrected chi connectivity index (χ3v) is 3.88. The fourth-order valence-corrected chi connectivity index (χ4v) is 2.79. The summed E-state index contributed by atoms with van der Waals surface area (Å²) in [5.74, 6) is -0.404. The molecule has 1 atom stereocenters. The summed E-state index contributed by atoms with van der Waals surface area (Å²) in [7, 11) is 1.53. The number of likely N-dealkylation sites (N-methyl/N-ethyl adjacent to an activating group) is 1. The fourth-order valence-electron chi connectivity index (χ4n) is 2.38. The lowest BCUT2D eigenvalue weighted by atomic mass is 10.1. The van der Waals surface area contributed by atoms with E-state index in [1.54, 1.807) is 12.1 Å². The number of halogens is 1. The van der Waals surface area contributed by atoms with Crippen molar-refractivity contribution in [2.24, 2.45) is 0 Å². The number of fused-ring (bicyclic) bond motifs is 1. The minimum absolute atomic E-state index is 0.160. The Labute approximate surface area is 125 Å². The summed E-state index contributed by atoms with van der Waals surface area (Å²) in [6.07, 6.45) is 1.35. The van der Waals surface area contributed by atoms with Crippen LogP contribution in [0.3, 0.4) is 0 Å². The molecule has 6 heteroatoms. The second kappa shape index (κ2) is 6.17. The smallest absolute Gasteiger partial charge is 0.255 e. The van der Waals surface area contributed by atoms with Crippen LogP contribution in [0, 0.1) is 0 Å². The molecule has 0 saturated carbocycles. The van der Waals surface area contributed by atoms with E-state index in [0.29, 0.717) is 18.5 Å². The molecule has 0 spiro atoms. The maximum absolute atomic E-state index is 12.4. The SMILES string of the molecule is CNC(=O)C(CCC=O)N1Cc2cc(Br)ccc2C1=O. The lowest BCUT2D eigenvalue weighted by Gasteiger charge is -2.25. The molecule has 0 aromatic heterocycles. The normalized spacial score (nSPS) is 14.9. The van der Waals surface area contributed by atoms with Gasteiger partial charge in [0.05, 0.1) is 0 Å². The lowest BCUT2D eigenvalue weighted by Crippen LogP contribution is -2.46. The van der Waals surface area contributed by atoms with Crippen molar-refractivity contribution < 1.29 is 14.4 Å². The largest absolute Gasteiger partial charge is 0.357 e. The van der Waals surface area contributed by atoms with Crippen LogP contribution in [0.4, 0.5) is 0 Å². The number of amides is 2. The summed E-state index contributed by atoms with van der Waals surface area (Å²) in [4.78, 5) is 36.4. The van der Waals surface area contributed by atoms with Crippen LogP contribution in [0.15, 0.2) is 22.7 Å². The van der Waals surface area contributed by atoms with Gasteiger partial charge >= 0.3 is 0 Å².